The van der Waals surface area contributed by atoms with Crippen LogP contribution in [-0.4, -0.2) is 34.3 Å². The summed E-state index contributed by atoms with van der Waals surface area (Å²) in [7, 11) is 0. The molecular weight excluding hydrogens is 697 g/mol. The lowest BCUT2D eigenvalue weighted by atomic mass is 9.96. The van der Waals surface area contributed by atoms with Crippen LogP contribution in [0.25, 0.3) is 12.2 Å². The van der Waals surface area contributed by atoms with E-state index in [1.165, 1.54) is 22.7 Å². The van der Waals surface area contributed by atoms with Crippen molar-refractivity contribution in [2.45, 2.75) is 39.8 Å². The monoisotopic (exact) mass is 730 g/mol. The zero-order chi connectivity index (χ0) is 36.5. The first kappa shape index (κ1) is 34.7. The van der Waals surface area contributed by atoms with Crippen molar-refractivity contribution in [1.82, 2.24) is 9.13 Å². The first-order valence-electron chi connectivity index (χ1n) is 16.8. The largest absolute Gasteiger partial charge is 0.463 e. The van der Waals surface area contributed by atoms with Crippen LogP contribution in [0.1, 0.15) is 62.0 Å². The second kappa shape index (κ2) is 14.5. The van der Waals surface area contributed by atoms with Gasteiger partial charge in [-0.25, -0.2) is 19.6 Å². The molecule has 0 saturated carbocycles. The number of aromatic nitrogens is 2. The Morgan fingerprint density at radius 3 is 1.35 bits per heavy atom. The van der Waals surface area contributed by atoms with Crippen LogP contribution in [-0.2, 0) is 19.1 Å². The summed E-state index contributed by atoms with van der Waals surface area (Å²) in [6.07, 6.45) is 3.60. The number of benzene rings is 3. The highest BCUT2D eigenvalue weighted by molar-refractivity contribution is 7.07. The van der Waals surface area contributed by atoms with E-state index in [9.17, 15) is 19.2 Å². The molecule has 2 atom stereocenters. The maximum absolute atomic E-state index is 14.0. The van der Waals surface area contributed by atoms with Gasteiger partial charge in [0.05, 0.1) is 56.9 Å². The zero-order valence-electron chi connectivity index (χ0n) is 28.9. The van der Waals surface area contributed by atoms with Crippen LogP contribution < -0.4 is 29.8 Å². The van der Waals surface area contributed by atoms with E-state index in [2.05, 4.69) is 9.98 Å². The molecule has 10 nitrogen and oxygen atoms in total. The Balaban J connectivity index is 1.26. The van der Waals surface area contributed by atoms with Crippen molar-refractivity contribution >= 4 is 46.8 Å². The summed E-state index contributed by atoms with van der Waals surface area (Å²) in [4.78, 5) is 64.4. The van der Waals surface area contributed by atoms with Crippen LogP contribution in [0.4, 0.5) is 0 Å². The van der Waals surface area contributed by atoms with E-state index in [4.69, 9.17) is 9.47 Å². The molecule has 0 radical (unpaired) electrons. The average molecular weight is 731 g/mol. The minimum atomic E-state index is -0.674. The molecule has 2 aromatic heterocycles. The molecule has 3 aromatic carbocycles. The summed E-state index contributed by atoms with van der Waals surface area (Å²) in [5.74, 6) is -1.000. The van der Waals surface area contributed by atoms with Gasteiger partial charge in [-0.3, -0.25) is 18.7 Å². The number of esters is 2. The van der Waals surface area contributed by atoms with Crippen molar-refractivity contribution in [2.75, 3.05) is 13.2 Å². The molecule has 0 amide bonds. The molecule has 0 N–H and O–H groups in total. The van der Waals surface area contributed by atoms with Crippen molar-refractivity contribution in [3.8, 4) is 0 Å². The molecule has 4 heterocycles. The molecule has 2 aliphatic heterocycles. The van der Waals surface area contributed by atoms with Gasteiger partial charge < -0.3 is 9.47 Å². The number of nitrogens with zero attached hydrogens (tertiary/aromatic N) is 4. The van der Waals surface area contributed by atoms with Crippen molar-refractivity contribution in [2.24, 2.45) is 9.98 Å². The number of thiazole rings is 2. The number of hydrogen-bond donors (Lipinski definition) is 0. The van der Waals surface area contributed by atoms with E-state index in [-0.39, 0.29) is 24.3 Å². The van der Waals surface area contributed by atoms with Crippen molar-refractivity contribution in [1.29, 1.82) is 0 Å². The number of rotatable bonds is 8. The SMILES string of the molecule is CCOC(=O)C1=C(C)N=c2s/c(=C/c3ccc(/C=c4/sc5n(c4=O)C(c4ccccc4)C(C(=O)OCC)=C(C)N=5)cc3)c(=O)n2C1c1ccccc1. The standard InChI is InChI=1S/C40H34N4O6S2/c1-5-49-37(47)31-23(3)41-39-43(33(31)27-13-9-7-10-14-27)35(45)29(51-39)21-25-17-19-26(20-18-25)22-30-36(46)44-34(28-15-11-8-12-16-28)32(38(48)50-6-2)24(4)42-40(44)52-30/h7-22,33-34H,5-6H2,1-4H3/b29-21+,30-22+. The fraction of sp³-hybridized carbons (Fsp3) is 0.200. The summed E-state index contributed by atoms with van der Waals surface area (Å²) in [6, 6.07) is 25.0. The first-order valence-corrected chi connectivity index (χ1v) is 18.4. The lowest BCUT2D eigenvalue weighted by Gasteiger charge is -2.24. The molecule has 0 bridgehead atoms. The highest BCUT2D eigenvalue weighted by Crippen LogP contribution is 2.32. The number of hydrogen-bond acceptors (Lipinski definition) is 10. The molecule has 2 aliphatic rings. The minimum Gasteiger partial charge on any atom is -0.463 e. The quantitative estimate of drug-likeness (QED) is 0.224. The molecule has 262 valence electrons. The third kappa shape index (κ3) is 6.35. The Bertz CT molecular complexity index is 2460. The number of allylic oxidation sites excluding steroid dienone is 2. The van der Waals surface area contributed by atoms with E-state index >= 15 is 0 Å². The van der Waals surface area contributed by atoms with Crippen molar-refractivity contribution < 1.29 is 19.1 Å². The molecular formula is C40H34N4O6S2. The van der Waals surface area contributed by atoms with Crippen LogP contribution >= 0.6 is 22.7 Å². The zero-order valence-corrected chi connectivity index (χ0v) is 30.5. The van der Waals surface area contributed by atoms with E-state index < -0.39 is 24.0 Å². The third-order valence-corrected chi connectivity index (χ3v) is 10.8. The maximum atomic E-state index is 14.0. The van der Waals surface area contributed by atoms with Crippen LogP contribution in [0.3, 0.4) is 0 Å². The Labute approximate surface area is 306 Å². The first-order chi connectivity index (χ1) is 25.2. The highest BCUT2D eigenvalue weighted by atomic mass is 32.1. The minimum absolute atomic E-state index is 0.204. The van der Waals surface area contributed by atoms with Crippen LogP contribution in [0.15, 0.2) is 127 Å². The third-order valence-electron chi connectivity index (χ3n) is 8.80. The summed E-state index contributed by atoms with van der Waals surface area (Å²) >= 11 is 2.52. The Hall–Kier alpha value is -5.72. The molecule has 0 spiro atoms. The van der Waals surface area contributed by atoms with Crippen molar-refractivity contribution in [3.63, 3.8) is 0 Å². The average Bonchev–Trinajstić information content (AvgIpc) is 3.62. The topological polar surface area (TPSA) is 121 Å². The predicted octanol–water partition coefficient (Wildman–Crippen LogP) is 3.91. The van der Waals surface area contributed by atoms with Gasteiger partial charge in [0.15, 0.2) is 9.60 Å². The summed E-state index contributed by atoms with van der Waals surface area (Å²) in [6.45, 7) is 7.42. The van der Waals surface area contributed by atoms with Gasteiger partial charge in [-0.1, -0.05) is 108 Å². The lowest BCUT2D eigenvalue weighted by molar-refractivity contribution is -0.140. The smallest absolute Gasteiger partial charge is 0.338 e. The van der Waals surface area contributed by atoms with Crippen LogP contribution in [0, 0.1) is 0 Å². The number of carbonyl (C=O) groups excluding carboxylic acids is 2. The highest BCUT2D eigenvalue weighted by Gasteiger charge is 2.34. The molecule has 12 heteroatoms. The summed E-state index contributed by atoms with van der Waals surface area (Å²) in [5.41, 5.74) is 4.29. The fourth-order valence-corrected chi connectivity index (χ4v) is 8.57. The van der Waals surface area contributed by atoms with Gasteiger partial charge in [0.2, 0.25) is 0 Å². The van der Waals surface area contributed by atoms with Gasteiger partial charge in [0, 0.05) is 0 Å². The molecule has 0 fully saturated rings. The van der Waals surface area contributed by atoms with E-state index in [1.54, 1.807) is 49.0 Å². The molecule has 2 unspecified atom stereocenters. The van der Waals surface area contributed by atoms with Crippen molar-refractivity contribution in [3.05, 3.63) is 169 Å². The molecule has 52 heavy (non-hydrogen) atoms. The van der Waals surface area contributed by atoms with Gasteiger partial charge in [-0.05, 0) is 62.1 Å². The maximum Gasteiger partial charge on any atom is 0.338 e. The van der Waals surface area contributed by atoms with Crippen LogP contribution in [0.5, 0.6) is 0 Å². The lowest BCUT2D eigenvalue weighted by Crippen LogP contribution is -2.39. The van der Waals surface area contributed by atoms with Gasteiger partial charge in [-0.15, -0.1) is 0 Å². The molecule has 5 aromatic rings. The number of carbonyl (C=O) groups is 2. The number of ether oxygens (including phenoxy) is 2. The Morgan fingerprint density at radius 2 is 1.00 bits per heavy atom. The van der Waals surface area contributed by atoms with Gasteiger partial charge in [-0.2, -0.15) is 0 Å². The Morgan fingerprint density at radius 1 is 0.635 bits per heavy atom. The van der Waals surface area contributed by atoms with Crippen LogP contribution in [0.2, 0.25) is 0 Å². The fourth-order valence-electron chi connectivity index (χ4n) is 6.48. The normalized spacial score (nSPS) is 17.3. The number of fused-ring (bicyclic) bond motifs is 2. The second-order valence-corrected chi connectivity index (χ2v) is 14.1. The molecule has 0 aliphatic carbocycles. The van der Waals surface area contributed by atoms with E-state index in [0.717, 1.165) is 22.3 Å². The summed E-state index contributed by atoms with van der Waals surface area (Å²) < 4.78 is 14.8. The molecule has 7 rings (SSSR count). The summed E-state index contributed by atoms with van der Waals surface area (Å²) in [5, 5.41) is 0. The van der Waals surface area contributed by atoms with E-state index in [0.29, 0.717) is 41.2 Å². The second-order valence-electron chi connectivity index (χ2n) is 12.1. The van der Waals surface area contributed by atoms with Gasteiger partial charge in [0.1, 0.15) is 0 Å². The predicted molar refractivity (Wildman–Crippen MR) is 200 cm³/mol. The van der Waals surface area contributed by atoms with E-state index in [1.807, 2.05) is 84.9 Å². The van der Waals surface area contributed by atoms with Gasteiger partial charge >= 0.3 is 11.9 Å². The molecule has 0 saturated heterocycles. The van der Waals surface area contributed by atoms with Gasteiger partial charge in [0.25, 0.3) is 11.1 Å². The Kier molecular flexibility index (Phi) is 9.67.